The van der Waals surface area contributed by atoms with E-state index in [1.165, 1.54) is 4.90 Å². The summed E-state index contributed by atoms with van der Waals surface area (Å²) in [6.07, 6.45) is 2.01. The second-order valence-electron chi connectivity index (χ2n) is 5.14. The van der Waals surface area contributed by atoms with Crippen LogP contribution in [-0.4, -0.2) is 41.5 Å². The fourth-order valence-electron chi connectivity index (χ4n) is 2.03. The van der Waals surface area contributed by atoms with Gasteiger partial charge < -0.3 is 15.7 Å². The third-order valence-electron chi connectivity index (χ3n) is 2.77. The third kappa shape index (κ3) is 7.27. The number of amides is 1. The van der Waals surface area contributed by atoms with E-state index in [2.05, 4.69) is 13.8 Å². The molecule has 3 N–H and O–H groups in total. The Morgan fingerprint density at radius 3 is 2.33 bits per heavy atom. The fourth-order valence-corrected chi connectivity index (χ4v) is 2.03. The Morgan fingerprint density at radius 2 is 1.94 bits per heavy atom. The summed E-state index contributed by atoms with van der Waals surface area (Å²) in [6.45, 7) is 6.85. The van der Waals surface area contributed by atoms with Gasteiger partial charge in [0.05, 0.1) is 0 Å². The first-order valence-corrected chi connectivity index (χ1v) is 6.60. The zero-order valence-corrected chi connectivity index (χ0v) is 11.7. The van der Waals surface area contributed by atoms with E-state index in [0.29, 0.717) is 25.4 Å². The lowest BCUT2D eigenvalue weighted by molar-refractivity contribution is -0.144. The van der Waals surface area contributed by atoms with Gasteiger partial charge in [-0.25, -0.2) is 0 Å². The van der Waals surface area contributed by atoms with Crippen molar-refractivity contribution in [3.8, 4) is 0 Å². The Hall–Kier alpha value is -1.10. The first kappa shape index (κ1) is 16.9. The molecule has 0 aromatic heterocycles. The summed E-state index contributed by atoms with van der Waals surface area (Å²) in [7, 11) is 0. The Balaban J connectivity index is 4.41. The SMILES string of the molecule is CCCN(CC(=O)O)C(=O)CC(CN)CC(C)C. The Bertz CT molecular complexity index is 267. The molecule has 0 radical (unpaired) electrons. The molecule has 0 bridgehead atoms. The largest absolute Gasteiger partial charge is 0.480 e. The molecule has 0 spiro atoms. The molecule has 1 unspecified atom stereocenters. The van der Waals surface area contributed by atoms with Gasteiger partial charge in [0.15, 0.2) is 0 Å². The van der Waals surface area contributed by atoms with Crippen LogP contribution >= 0.6 is 0 Å². The van der Waals surface area contributed by atoms with Gasteiger partial charge in [-0.2, -0.15) is 0 Å². The molecule has 0 aliphatic heterocycles. The summed E-state index contributed by atoms with van der Waals surface area (Å²) in [5.74, 6) is -0.434. The van der Waals surface area contributed by atoms with E-state index in [1.807, 2.05) is 6.92 Å². The zero-order valence-electron chi connectivity index (χ0n) is 11.7. The zero-order chi connectivity index (χ0) is 14.1. The van der Waals surface area contributed by atoms with E-state index in [1.54, 1.807) is 0 Å². The van der Waals surface area contributed by atoms with Crippen molar-refractivity contribution < 1.29 is 14.7 Å². The topological polar surface area (TPSA) is 83.6 Å². The van der Waals surface area contributed by atoms with E-state index in [0.717, 1.165) is 12.8 Å². The minimum atomic E-state index is -0.968. The number of carboxylic acids is 1. The van der Waals surface area contributed by atoms with Gasteiger partial charge >= 0.3 is 5.97 Å². The summed E-state index contributed by atoms with van der Waals surface area (Å²) < 4.78 is 0. The van der Waals surface area contributed by atoms with Gasteiger partial charge in [0.2, 0.25) is 5.91 Å². The Labute approximate surface area is 109 Å². The van der Waals surface area contributed by atoms with Crippen molar-refractivity contribution in [2.24, 2.45) is 17.6 Å². The van der Waals surface area contributed by atoms with Crippen molar-refractivity contribution in [2.45, 2.75) is 40.0 Å². The standard InChI is InChI=1S/C13H26N2O3/c1-4-5-15(9-13(17)18)12(16)7-11(8-14)6-10(2)3/h10-11H,4-9,14H2,1-3H3,(H,17,18). The fraction of sp³-hybridized carbons (Fsp3) is 0.846. The second-order valence-corrected chi connectivity index (χ2v) is 5.14. The quantitative estimate of drug-likeness (QED) is 0.653. The molecule has 106 valence electrons. The first-order valence-electron chi connectivity index (χ1n) is 6.60. The van der Waals surface area contributed by atoms with Crippen LogP contribution in [-0.2, 0) is 9.59 Å². The molecule has 0 saturated carbocycles. The second kappa shape index (κ2) is 8.91. The highest BCUT2D eigenvalue weighted by molar-refractivity contribution is 5.81. The first-order chi connectivity index (χ1) is 8.40. The Kier molecular flexibility index (Phi) is 8.37. The van der Waals surface area contributed by atoms with Crippen LogP contribution in [0.5, 0.6) is 0 Å². The molecule has 1 atom stereocenters. The third-order valence-corrected chi connectivity index (χ3v) is 2.77. The van der Waals surface area contributed by atoms with Gasteiger partial charge in [0, 0.05) is 13.0 Å². The number of hydrogen-bond donors (Lipinski definition) is 2. The molecule has 0 rings (SSSR count). The minimum absolute atomic E-state index is 0.102. The van der Waals surface area contributed by atoms with E-state index in [4.69, 9.17) is 10.8 Å². The normalized spacial score (nSPS) is 12.5. The molecule has 0 aromatic carbocycles. The number of hydrogen-bond acceptors (Lipinski definition) is 3. The maximum Gasteiger partial charge on any atom is 0.323 e. The predicted octanol–water partition coefficient (Wildman–Crippen LogP) is 1.32. The highest BCUT2D eigenvalue weighted by Gasteiger charge is 2.20. The number of nitrogens with two attached hydrogens (primary N) is 1. The summed E-state index contributed by atoms with van der Waals surface area (Å²) in [5, 5.41) is 8.78. The minimum Gasteiger partial charge on any atom is -0.480 e. The number of aliphatic carboxylic acids is 1. The molecule has 1 amide bonds. The lowest BCUT2D eigenvalue weighted by atomic mass is 9.94. The molecular formula is C13H26N2O3. The van der Waals surface area contributed by atoms with Gasteiger partial charge in [-0.15, -0.1) is 0 Å². The Morgan fingerprint density at radius 1 is 1.33 bits per heavy atom. The summed E-state index contributed by atoms with van der Waals surface area (Å²) in [6, 6.07) is 0. The van der Waals surface area contributed by atoms with Crippen LogP contribution in [0.25, 0.3) is 0 Å². The van der Waals surface area contributed by atoms with Crippen molar-refractivity contribution in [1.82, 2.24) is 4.90 Å². The molecule has 0 aliphatic rings. The molecule has 18 heavy (non-hydrogen) atoms. The summed E-state index contributed by atoms with van der Waals surface area (Å²) in [5.41, 5.74) is 5.66. The van der Waals surface area contributed by atoms with Gasteiger partial charge in [-0.05, 0) is 31.2 Å². The van der Waals surface area contributed by atoms with Gasteiger partial charge in [0.1, 0.15) is 6.54 Å². The van der Waals surface area contributed by atoms with E-state index in [9.17, 15) is 9.59 Å². The molecule has 0 heterocycles. The maximum absolute atomic E-state index is 12.0. The van der Waals surface area contributed by atoms with Crippen LogP contribution in [0, 0.1) is 11.8 Å². The van der Waals surface area contributed by atoms with Crippen LogP contribution in [0.4, 0.5) is 0 Å². The van der Waals surface area contributed by atoms with Gasteiger partial charge in [0.25, 0.3) is 0 Å². The van der Waals surface area contributed by atoms with Gasteiger partial charge in [-0.1, -0.05) is 20.8 Å². The van der Waals surface area contributed by atoms with Crippen LogP contribution in [0.3, 0.4) is 0 Å². The highest BCUT2D eigenvalue weighted by atomic mass is 16.4. The summed E-state index contributed by atoms with van der Waals surface area (Å²) in [4.78, 5) is 24.1. The van der Waals surface area contributed by atoms with Crippen molar-refractivity contribution in [3.63, 3.8) is 0 Å². The van der Waals surface area contributed by atoms with E-state index < -0.39 is 5.97 Å². The molecule has 0 saturated heterocycles. The average Bonchev–Trinajstić information content (AvgIpc) is 2.26. The molecule has 5 heteroatoms. The van der Waals surface area contributed by atoms with Crippen molar-refractivity contribution in [1.29, 1.82) is 0 Å². The van der Waals surface area contributed by atoms with Crippen molar-refractivity contribution in [2.75, 3.05) is 19.6 Å². The molecule has 5 nitrogen and oxygen atoms in total. The van der Waals surface area contributed by atoms with E-state index in [-0.39, 0.29) is 18.4 Å². The van der Waals surface area contributed by atoms with Crippen LogP contribution in [0.1, 0.15) is 40.0 Å². The molecule has 0 aromatic rings. The highest BCUT2D eigenvalue weighted by Crippen LogP contribution is 2.15. The molecular weight excluding hydrogens is 232 g/mol. The number of nitrogens with zero attached hydrogens (tertiary/aromatic N) is 1. The van der Waals surface area contributed by atoms with Crippen molar-refractivity contribution in [3.05, 3.63) is 0 Å². The average molecular weight is 258 g/mol. The van der Waals surface area contributed by atoms with Crippen LogP contribution in [0.2, 0.25) is 0 Å². The number of carbonyl (C=O) groups is 2. The van der Waals surface area contributed by atoms with Crippen LogP contribution < -0.4 is 5.73 Å². The van der Waals surface area contributed by atoms with E-state index >= 15 is 0 Å². The predicted molar refractivity (Wildman–Crippen MR) is 71.1 cm³/mol. The number of carbonyl (C=O) groups excluding carboxylic acids is 1. The number of rotatable bonds is 9. The van der Waals surface area contributed by atoms with Crippen LogP contribution in [0.15, 0.2) is 0 Å². The monoisotopic (exact) mass is 258 g/mol. The lowest BCUT2D eigenvalue weighted by Gasteiger charge is -2.23. The number of carboxylic acid groups (broad SMARTS) is 1. The smallest absolute Gasteiger partial charge is 0.323 e. The lowest BCUT2D eigenvalue weighted by Crippen LogP contribution is -2.38. The maximum atomic E-state index is 12.0. The van der Waals surface area contributed by atoms with Crippen molar-refractivity contribution >= 4 is 11.9 Å². The molecule has 0 fully saturated rings. The summed E-state index contributed by atoms with van der Waals surface area (Å²) >= 11 is 0. The molecule has 0 aliphatic carbocycles. The van der Waals surface area contributed by atoms with Gasteiger partial charge in [-0.3, -0.25) is 9.59 Å².